The number of para-hydroxylation sites is 1. The lowest BCUT2D eigenvalue weighted by molar-refractivity contribution is -0.121. The molecule has 1 atom stereocenters. The van der Waals surface area contributed by atoms with Gasteiger partial charge in [-0.3, -0.25) is 4.79 Å². The molecular formula is C26H26BrN3O6. The lowest BCUT2D eigenvalue weighted by Crippen LogP contribution is -2.37. The molecule has 10 heteroatoms. The van der Waals surface area contributed by atoms with Crippen LogP contribution < -0.4 is 25.4 Å². The summed E-state index contributed by atoms with van der Waals surface area (Å²) in [7, 11) is 1.48. The molecule has 0 saturated heterocycles. The minimum absolute atomic E-state index is 0.109. The van der Waals surface area contributed by atoms with E-state index >= 15 is 0 Å². The van der Waals surface area contributed by atoms with Crippen LogP contribution in [0.25, 0.3) is 0 Å². The van der Waals surface area contributed by atoms with Crippen molar-refractivity contribution < 1.29 is 29.0 Å². The number of carboxylic acid groups (broad SMARTS) is 1. The molecule has 0 fully saturated rings. The molecule has 3 rings (SSSR count). The van der Waals surface area contributed by atoms with Crippen molar-refractivity contribution in [3.63, 3.8) is 0 Å². The Morgan fingerprint density at radius 3 is 2.33 bits per heavy atom. The highest BCUT2D eigenvalue weighted by molar-refractivity contribution is 9.10. The van der Waals surface area contributed by atoms with Gasteiger partial charge in [-0.2, -0.15) is 0 Å². The second-order valence-electron chi connectivity index (χ2n) is 7.88. The number of methoxy groups -OCH3 is 1. The second-order valence-corrected chi connectivity index (χ2v) is 8.73. The SMILES string of the molecule is COc1cc(CC(=O)N[C@H](C)COc2ccc(C(=O)O)cc2)ccc1NC(=O)Nc1ccccc1Br. The minimum Gasteiger partial charge on any atom is -0.495 e. The summed E-state index contributed by atoms with van der Waals surface area (Å²) in [6.07, 6.45) is 0.109. The van der Waals surface area contributed by atoms with Crippen LogP contribution in [0.15, 0.2) is 71.2 Å². The Balaban J connectivity index is 1.51. The number of rotatable bonds is 10. The maximum absolute atomic E-state index is 12.5. The normalized spacial score (nSPS) is 11.2. The lowest BCUT2D eigenvalue weighted by Gasteiger charge is -2.16. The zero-order valence-electron chi connectivity index (χ0n) is 19.7. The first-order valence-corrected chi connectivity index (χ1v) is 11.8. The van der Waals surface area contributed by atoms with E-state index in [1.807, 2.05) is 18.2 Å². The van der Waals surface area contributed by atoms with Crippen molar-refractivity contribution in [2.75, 3.05) is 24.4 Å². The average Bonchev–Trinajstić information content (AvgIpc) is 2.85. The first-order chi connectivity index (χ1) is 17.2. The average molecular weight is 556 g/mol. The number of anilines is 2. The highest BCUT2D eigenvalue weighted by Gasteiger charge is 2.13. The summed E-state index contributed by atoms with van der Waals surface area (Å²) >= 11 is 3.38. The van der Waals surface area contributed by atoms with Crippen molar-refractivity contribution >= 4 is 45.2 Å². The number of hydrogen-bond acceptors (Lipinski definition) is 5. The van der Waals surface area contributed by atoms with E-state index in [0.29, 0.717) is 28.4 Å². The number of nitrogens with one attached hydrogen (secondary N) is 3. The summed E-state index contributed by atoms with van der Waals surface area (Å²) in [5.41, 5.74) is 1.96. The molecule has 0 radical (unpaired) electrons. The van der Waals surface area contributed by atoms with Gasteiger partial charge in [-0.1, -0.05) is 18.2 Å². The first kappa shape index (κ1) is 26.6. The molecule has 4 N–H and O–H groups in total. The van der Waals surface area contributed by atoms with Crippen molar-refractivity contribution in [2.45, 2.75) is 19.4 Å². The predicted octanol–water partition coefficient (Wildman–Crippen LogP) is 4.93. The van der Waals surface area contributed by atoms with Gasteiger partial charge in [0, 0.05) is 4.47 Å². The van der Waals surface area contributed by atoms with Gasteiger partial charge in [0.1, 0.15) is 18.1 Å². The summed E-state index contributed by atoms with van der Waals surface area (Å²) in [5, 5.41) is 17.3. The van der Waals surface area contributed by atoms with Crippen molar-refractivity contribution in [1.29, 1.82) is 0 Å². The summed E-state index contributed by atoms with van der Waals surface area (Å²) in [5.74, 6) is -0.283. The van der Waals surface area contributed by atoms with E-state index < -0.39 is 12.0 Å². The smallest absolute Gasteiger partial charge is 0.335 e. The lowest BCUT2D eigenvalue weighted by atomic mass is 10.1. The third-order valence-corrected chi connectivity index (χ3v) is 5.70. The van der Waals surface area contributed by atoms with Crippen molar-refractivity contribution in [2.24, 2.45) is 0 Å². The Hall–Kier alpha value is -4.05. The Kier molecular flexibility index (Phi) is 9.29. The number of benzene rings is 3. The van der Waals surface area contributed by atoms with Crippen LogP contribution in [-0.2, 0) is 11.2 Å². The number of carbonyl (C=O) groups is 3. The van der Waals surface area contributed by atoms with Gasteiger partial charge in [0.25, 0.3) is 0 Å². The van der Waals surface area contributed by atoms with Gasteiger partial charge in [-0.25, -0.2) is 9.59 Å². The van der Waals surface area contributed by atoms with E-state index in [1.54, 1.807) is 43.3 Å². The van der Waals surface area contributed by atoms with Crippen molar-refractivity contribution in [1.82, 2.24) is 5.32 Å². The topological polar surface area (TPSA) is 126 Å². The standard InChI is InChI=1S/C26H26BrN3O6/c1-16(15-36-19-10-8-18(9-11-19)25(32)33)28-24(31)14-17-7-12-22(23(13-17)35-2)30-26(34)29-21-6-4-3-5-20(21)27/h3-13,16H,14-15H2,1-2H3,(H,28,31)(H,32,33)(H2,29,30,34)/t16-/m1/s1. The number of amides is 3. The fraction of sp³-hybridized carbons (Fsp3) is 0.192. The zero-order valence-corrected chi connectivity index (χ0v) is 21.3. The van der Waals surface area contributed by atoms with Crippen molar-refractivity contribution in [3.05, 3.63) is 82.3 Å². The third kappa shape index (κ3) is 7.74. The summed E-state index contributed by atoms with van der Waals surface area (Å²) in [4.78, 5) is 35.8. The van der Waals surface area contributed by atoms with E-state index in [0.717, 1.165) is 4.47 Å². The molecule has 0 bridgehead atoms. The van der Waals surface area contributed by atoms with Crippen LogP contribution in [0.3, 0.4) is 0 Å². The van der Waals surface area contributed by atoms with Crippen LogP contribution >= 0.6 is 15.9 Å². The number of carbonyl (C=O) groups excluding carboxylic acids is 2. The Labute approximate surface area is 216 Å². The number of aromatic carboxylic acids is 1. The third-order valence-electron chi connectivity index (χ3n) is 5.01. The van der Waals surface area contributed by atoms with E-state index in [1.165, 1.54) is 19.2 Å². The molecule has 3 aromatic carbocycles. The Bertz CT molecular complexity index is 1230. The van der Waals surface area contributed by atoms with E-state index in [9.17, 15) is 14.4 Å². The van der Waals surface area contributed by atoms with Crippen molar-refractivity contribution in [3.8, 4) is 11.5 Å². The zero-order chi connectivity index (χ0) is 26.1. The molecule has 0 aromatic heterocycles. The molecule has 3 amide bonds. The number of halogens is 1. The molecule has 3 aromatic rings. The minimum atomic E-state index is -1.01. The molecule has 0 spiro atoms. The highest BCUT2D eigenvalue weighted by Crippen LogP contribution is 2.27. The number of carboxylic acids is 1. The van der Waals surface area contributed by atoms with Crippen LogP contribution in [0.2, 0.25) is 0 Å². The molecular weight excluding hydrogens is 530 g/mol. The fourth-order valence-corrected chi connectivity index (χ4v) is 3.64. The molecule has 36 heavy (non-hydrogen) atoms. The van der Waals surface area contributed by atoms with Gasteiger partial charge in [-0.05, 0) is 76.9 Å². The molecule has 9 nitrogen and oxygen atoms in total. The quantitative estimate of drug-likeness (QED) is 0.281. The van der Waals surface area contributed by atoms with Crippen LogP contribution in [0.4, 0.5) is 16.2 Å². The number of ether oxygens (including phenoxy) is 2. The largest absolute Gasteiger partial charge is 0.495 e. The molecule has 188 valence electrons. The monoisotopic (exact) mass is 555 g/mol. The van der Waals surface area contributed by atoms with Gasteiger partial charge in [0.2, 0.25) is 5.91 Å². The van der Waals surface area contributed by atoms with Gasteiger partial charge in [-0.15, -0.1) is 0 Å². The highest BCUT2D eigenvalue weighted by atomic mass is 79.9. The van der Waals surface area contributed by atoms with E-state index in [-0.39, 0.29) is 30.5 Å². The van der Waals surface area contributed by atoms with Gasteiger partial charge >= 0.3 is 12.0 Å². The number of hydrogen-bond donors (Lipinski definition) is 4. The number of urea groups is 1. The molecule has 0 aliphatic rings. The summed E-state index contributed by atoms with van der Waals surface area (Å²) < 4.78 is 11.8. The fourth-order valence-electron chi connectivity index (χ4n) is 3.26. The van der Waals surface area contributed by atoms with E-state index in [4.69, 9.17) is 14.6 Å². The first-order valence-electron chi connectivity index (χ1n) is 11.0. The Morgan fingerprint density at radius 1 is 0.972 bits per heavy atom. The predicted molar refractivity (Wildman–Crippen MR) is 140 cm³/mol. The molecule has 0 aliphatic heterocycles. The summed E-state index contributed by atoms with van der Waals surface area (Å²) in [6.45, 7) is 2.03. The Morgan fingerprint density at radius 2 is 1.67 bits per heavy atom. The van der Waals surface area contributed by atoms with Crippen LogP contribution in [0, 0.1) is 0 Å². The van der Waals surface area contributed by atoms with Gasteiger partial charge < -0.3 is 30.5 Å². The van der Waals surface area contributed by atoms with Crippen LogP contribution in [-0.4, -0.2) is 42.8 Å². The molecule has 0 unspecified atom stereocenters. The summed E-state index contributed by atoms with van der Waals surface area (Å²) in [6, 6.07) is 17.7. The van der Waals surface area contributed by atoms with Crippen LogP contribution in [0.5, 0.6) is 11.5 Å². The maximum Gasteiger partial charge on any atom is 0.335 e. The maximum atomic E-state index is 12.5. The van der Waals surface area contributed by atoms with E-state index in [2.05, 4.69) is 31.9 Å². The van der Waals surface area contributed by atoms with Gasteiger partial charge in [0.05, 0.1) is 36.5 Å². The van der Waals surface area contributed by atoms with Gasteiger partial charge in [0.15, 0.2) is 0 Å². The molecule has 0 aliphatic carbocycles. The molecule has 0 heterocycles. The second kappa shape index (κ2) is 12.6. The van der Waals surface area contributed by atoms with Crippen LogP contribution in [0.1, 0.15) is 22.8 Å². The molecule has 0 saturated carbocycles.